The standard InChI is InChI=1S/C14H20FN3O3/c1-2-10(8-9-16)6-7-13(19)17-14-11(15)4-3-5-12(14)18(20)21/h3-5,10H,2,6-9,16H2,1H3,(H,17,19). The topological polar surface area (TPSA) is 98.3 Å². The smallest absolute Gasteiger partial charge is 0.295 e. The minimum absolute atomic E-state index is 0.185. The van der Waals surface area contributed by atoms with Gasteiger partial charge in [0.05, 0.1) is 4.92 Å². The zero-order valence-electron chi connectivity index (χ0n) is 12.0. The number of hydrogen-bond acceptors (Lipinski definition) is 4. The van der Waals surface area contributed by atoms with Crippen LogP contribution in [-0.2, 0) is 4.79 Å². The van der Waals surface area contributed by atoms with Crippen LogP contribution in [-0.4, -0.2) is 17.4 Å². The van der Waals surface area contributed by atoms with E-state index in [1.165, 1.54) is 6.07 Å². The number of anilines is 1. The largest absolute Gasteiger partial charge is 0.330 e. The molecule has 0 aliphatic rings. The maximum absolute atomic E-state index is 13.6. The van der Waals surface area contributed by atoms with E-state index < -0.39 is 22.3 Å². The maximum Gasteiger partial charge on any atom is 0.295 e. The second-order valence-electron chi connectivity index (χ2n) is 4.83. The summed E-state index contributed by atoms with van der Waals surface area (Å²) in [6.07, 6.45) is 2.54. The summed E-state index contributed by atoms with van der Waals surface area (Å²) in [5.41, 5.74) is 4.66. The lowest BCUT2D eigenvalue weighted by Gasteiger charge is -2.13. The van der Waals surface area contributed by atoms with E-state index in [0.717, 1.165) is 25.0 Å². The Balaban J connectivity index is 2.69. The molecule has 0 spiro atoms. The number of nitro benzene ring substituents is 1. The number of carbonyl (C=O) groups excluding carboxylic acids is 1. The SMILES string of the molecule is CCC(CCN)CCC(=O)Nc1c(F)cccc1[N+](=O)[O-]. The third-order valence-corrected chi connectivity index (χ3v) is 3.38. The Morgan fingerprint density at radius 1 is 1.48 bits per heavy atom. The summed E-state index contributed by atoms with van der Waals surface area (Å²) in [6, 6.07) is 3.46. The fraction of sp³-hybridized carbons (Fsp3) is 0.500. The monoisotopic (exact) mass is 297 g/mol. The molecule has 1 aromatic rings. The second kappa shape index (κ2) is 8.31. The van der Waals surface area contributed by atoms with Gasteiger partial charge in [-0.1, -0.05) is 19.4 Å². The number of nitrogens with one attached hydrogen (secondary N) is 1. The molecule has 1 rings (SSSR count). The first-order chi connectivity index (χ1) is 9.99. The molecule has 116 valence electrons. The van der Waals surface area contributed by atoms with Crippen molar-refractivity contribution in [3.05, 3.63) is 34.1 Å². The molecular weight excluding hydrogens is 277 g/mol. The minimum atomic E-state index is -0.813. The van der Waals surface area contributed by atoms with Gasteiger partial charge < -0.3 is 11.1 Å². The van der Waals surface area contributed by atoms with E-state index in [1.807, 2.05) is 6.92 Å². The highest BCUT2D eigenvalue weighted by molar-refractivity contribution is 5.93. The summed E-state index contributed by atoms with van der Waals surface area (Å²) < 4.78 is 13.6. The number of amides is 1. The van der Waals surface area contributed by atoms with Gasteiger partial charge in [0.25, 0.3) is 5.69 Å². The van der Waals surface area contributed by atoms with Gasteiger partial charge in [0, 0.05) is 12.5 Å². The zero-order chi connectivity index (χ0) is 15.8. The van der Waals surface area contributed by atoms with Gasteiger partial charge in [-0.2, -0.15) is 0 Å². The minimum Gasteiger partial charge on any atom is -0.330 e. The molecule has 6 nitrogen and oxygen atoms in total. The molecule has 1 unspecified atom stereocenters. The Kier molecular flexibility index (Phi) is 6.74. The van der Waals surface area contributed by atoms with Crippen molar-refractivity contribution in [3.8, 4) is 0 Å². The fourth-order valence-electron chi connectivity index (χ4n) is 2.11. The average Bonchev–Trinajstić information content (AvgIpc) is 2.45. The lowest BCUT2D eigenvalue weighted by molar-refractivity contribution is -0.384. The lowest BCUT2D eigenvalue weighted by Crippen LogP contribution is -2.16. The predicted octanol–water partition coefficient (Wildman–Crippen LogP) is 2.83. The van der Waals surface area contributed by atoms with Gasteiger partial charge in [-0.05, 0) is 31.4 Å². The van der Waals surface area contributed by atoms with E-state index in [-0.39, 0.29) is 12.1 Å². The lowest BCUT2D eigenvalue weighted by atomic mass is 9.96. The van der Waals surface area contributed by atoms with Crippen molar-refractivity contribution in [3.63, 3.8) is 0 Å². The third-order valence-electron chi connectivity index (χ3n) is 3.38. The van der Waals surface area contributed by atoms with Gasteiger partial charge in [0.2, 0.25) is 5.91 Å². The number of para-hydroxylation sites is 1. The van der Waals surface area contributed by atoms with Gasteiger partial charge in [0.1, 0.15) is 0 Å². The molecule has 21 heavy (non-hydrogen) atoms. The summed E-state index contributed by atoms with van der Waals surface area (Å²) in [5, 5.41) is 13.1. The molecule has 0 aromatic heterocycles. The van der Waals surface area contributed by atoms with E-state index in [0.29, 0.717) is 18.9 Å². The van der Waals surface area contributed by atoms with Crippen molar-refractivity contribution in [2.75, 3.05) is 11.9 Å². The summed E-state index contributed by atoms with van der Waals surface area (Å²) >= 11 is 0. The second-order valence-corrected chi connectivity index (χ2v) is 4.83. The molecule has 0 radical (unpaired) electrons. The van der Waals surface area contributed by atoms with E-state index >= 15 is 0 Å². The van der Waals surface area contributed by atoms with Crippen molar-refractivity contribution < 1.29 is 14.1 Å². The van der Waals surface area contributed by atoms with Crippen molar-refractivity contribution in [2.45, 2.75) is 32.6 Å². The van der Waals surface area contributed by atoms with Gasteiger partial charge in [0.15, 0.2) is 11.5 Å². The van der Waals surface area contributed by atoms with Crippen LogP contribution in [0.1, 0.15) is 32.6 Å². The number of nitrogens with zero attached hydrogens (tertiary/aromatic N) is 1. The van der Waals surface area contributed by atoms with Gasteiger partial charge >= 0.3 is 0 Å². The van der Waals surface area contributed by atoms with Crippen molar-refractivity contribution in [1.82, 2.24) is 0 Å². The Labute approximate surface area is 122 Å². The predicted molar refractivity (Wildman–Crippen MR) is 78.4 cm³/mol. The number of benzene rings is 1. The van der Waals surface area contributed by atoms with Crippen LogP contribution in [0.3, 0.4) is 0 Å². The molecule has 1 atom stereocenters. The molecule has 1 aromatic carbocycles. The number of halogens is 1. The van der Waals surface area contributed by atoms with Crippen LogP contribution < -0.4 is 11.1 Å². The highest BCUT2D eigenvalue weighted by Gasteiger charge is 2.20. The van der Waals surface area contributed by atoms with Crippen molar-refractivity contribution >= 4 is 17.3 Å². The number of rotatable bonds is 8. The molecular formula is C14H20FN3O3. The number of nitrogens with two attached hydrogens (primary N) is 1. The Morgan fingerprint density at radius 2 is 2.19 bits per heavy atom. The normalized spacial score (nSPS) is 12.0. The summed E-state index contributed by atoms with van der Waals surface area (Å²) in [7, 11) is 0. The van der Waals surface area contributed by atoms with Crippen LogP contribution in [0, 0.1) is 21.8 Å². The summed E-state index contributed by atoms with van der Waals surface area (Å²) in [6.45, 7) is 2.57. The summed E-state index contributed by atoms with van der Waals surface area (Å²) in [5.74, 6) is -0.915. The van der Waals surface area contributed by atoms with E-state index in [4.69, 9.17) is 5.73 Å². The molecule has 1 amide bonds. The number of hydrogen-bond donors (Lipinski definition) is 2. The molecule has 0 saturated heterocycles. The van der Waals surface area contributed by atoms with Gasteiger partial charge in [-0.3, -0.25) is 14.9 Å². The molecule has 0 bridgehead atoms. The highest BCUT2D eigenvalue weighted by Crippen LogP contribution is 2.27. The van der Waals surface area contributed by atoms with E-state index in [9.17, 15) is 19.3 Å². The van der Waals surface area contributed by atoms with Crippen LogP contribution >= 0.6 is 0 Å². The Hall–Kier alpha value is -2.02. The summed E-state index contributed by atoms with van der Waals surface area (Å²) in [4.78, 5) is 21.9. The maximum atomic E-state index is 13.6. The molecule has 0 aliphatic carbocycles. The quantitative estimate of drug-likeness (QED) is 0.569. The van der Waals surface area contributed by atoms with E-state index in [1.54, 1.807) is 0 Å². The first kappa shape index (κ1) is 17.0. The van der Waals surface area contributed by atoms with E-state index in [2.05, 4.69) is 5.32 Å². The first-order valence-corrected chi connectivity index (χ1v) is 6.92. The molecule has 0 saturated carbocycles. The van der Waals surface area contributed by atoms with Gasteiger partial charge in [-0.25, -0.2) is 4.39 Å². The average molecular weight is 297 g/mol. The Bertz CT molecular complexity index is 508. The van der Waals surface area contributed by atoms with Crippen LogP contribution in [0.2, 0.25) is 0 Å². The first-order valence-electron chi connectivity index (χ1n) is 6.92. The number of carbonyl (C=O) groups is 1. The molecule has 0 aliphatic heterocycles. The molecule has 0 heterocycles. The van der Waals surface area contributed by atoms with Gasteiger partial charge in [-0.15, -0.1) is 0 Å². The Morgan fingerprint density at radius 3 is 2.76 bits per heavy atom. The van der Waals surface area contributed by atoms with Crippen LogP contribution in [0.4, 0.5) is 15.8 Å². The molecule has 0 fully saturated rings. The van der Waals surface area contributed by atoms with Crippen molar-refractivity contribution in [2.24, 2.45) is 11.7 Å². The number of nitro groups is 1. The van der Waals surface area contributed by atoms with Crippen LogP contribution in [0.15, 0.2) is 18.2 Å². The van der Waals surface area contributed by atoms with Crippen molar-refractivity contribution in [1.29, 1.82) is 0 Å². The van der Waals surface area contributed by atoms with Crippen LogP contribution in [0.25, 0.3) is 0 Å². The van der Waals surface area contributed by atoms with Crippen LogP contribution in [0.5, 0.6) is 0 Å². The molecule has 7 heteroatoms. The molecule has 3 N–H and O–H groups in total. The highest BCUT2D eigenvalue weighted by atomic mass is 19.1. The third kappa shape index (κ3) is 5.11. The zero-order valence-corrected chi connectivity index (χ0v) is 12.0. The fourth-order valence-corrected chi connectivity index (χ4v) is 2.11.